The molecular weight excluding hydrogens is 288 g/mol. The van der Waals surface area contributed by atoms with Crippen LogP contribution in [0.1, 0.15) is 11.1 Å². The molecule has 0 aliphatic rings. The molecule has 0 bridgehead atoms. The molecular formula is C15H13BrN2. The molecule has 0 atom stereocenters. The molecule has 0 unspecified atom stereocenters. The Balaban J connectivity index is 2.08. The third kappa shape index (κ3) is 2.06. The number of rotatable bonds is 2. The van der Waals surface area contributed by atoms with Gasteiger partial charge in [0.1, 0.15) is 5.52 Å². The Morgan fingerprint density at radius 1 is 1.17 bits per heavy atom. The Morgan fingerprint density at radius 3 is 2.72 bits per heavy atom. The fourth-order valence-electron chi connectivity index (χ4n) is 2.16. The highest BCUT2D eigenvalue weighted by Crippen LogP contribution is 2.25. The van der Waals surface area contributed by atoms with Crippen LogP contribution in [0.4, 0.5) is 0 Å². The summed E-state index contributed by atoms with van der Waals surface area (Å²) in [6, 6.07) is 14.7. The van der Waals surface area contributed by atoms with Crippen LogP contribution in [0.15, 0.2) is 53.3 Å². The van der Waals surface area contributed by atoms with Gasteiger partial charge >= 0.3 is 0 Å². The van der Waals surface area contributed by atoms with Gasteiger partial charge in [-0.05, 0) is 46.1 Å². The summed E-state index contributed by atoms with van der Waals surface area (Å²) >= 11 is 3.57. The molecule has 18 heavy (non-hydrogen) atoms. The van der Waals surface area contributed by atoms with Crippen molar-refractivity contribution in [1.29, 1.82) is 0 Å². The van der Waals surface area contributed by atoms with E-state index in [-0.39, 0.29) is 0 Å². The lowest BCUT2D eigenvalue weighted by Gasteiger charge is -2.05. The van der Waals surface area contributed by atoms with Crippen molar-refractivity contribution in [2.45, 2.75) is 13.5 Å². The molecule has 2 nitrogen and oxygen atoms in total. The van der Waals surface area contributed by atoms with Crippen molar-refractivity contribution in [2.24, 2.45) is 0 Å². The van der Waals surface area contributed by atoms with Crippen LogP contribution in [0.2, 0.25) is 0 Å². The van der Waals surface area contributed by atoms with Gasteiger partial charge in [0.25, 0.3) is 0 Å². The first-order chi connectivity index (χ1) is 8.74. The first kappa shape index (κ1) is 11.5. The molecule has 0 aliphatic heterocycles. The number of hydrogen-bond acceptors (Lipinski definition) is 1. The Labute approximate surface area is 114 Å². The van der Waals surface area contributed by atoms with E-state index >= 15 is 0 Å². The van der Waals surface area contributed by atoms with E-state index in [0.29, 0.717) is 0 Å². The molecule has 0 radical (unpaired) electrons. The zero-order valence-electron chi connectivity index (χ0n) is 10.1. The Bertz CT molecular complexity index is 686. The first-order valence-corrected chi connectivity index (χ1v) is 6.68. The van der Waals surface area contributed by atoms with E-state index in [1.807, 2.05) is 12.4 Å². The lowest BCUT2D eigenvalue weighted by molar-refractivity contribution is 0.824. The van der Waals surface area contributed by atoms with Gasteiger partial charge in [0, 0.05) is 11.0 Å². The molecule has 2 aromatic carbocycles. The molecule has 0 saturated carbocycles. The highest BCUT2D eigenvalue weighted by molar-refractivity contribution is 9.10. The van der Waals surface area contributed by atoms with E-state index in [9.17, 15) is 0 Å². The number of fused-ring (bicyclic) bond motifs is 1. The van der Waals surface area contributed by atoms with Crippen LogP contribution in [0, 0.1) is 6.92 Å². The maximum Gasteiger partial charge on any atom is 0.103 e. The minimum atomic E-state index is 0.854. The summed E-state index contributed by atoms with van der Waals surface area (Å²) in [6.45, 7) is 2.96. The number of hydrogen-bond donors (Lipinski definition) is 0. The Kier molecular flexibility index (Phi) is 2.92. The summed E-state index contributed by atoms with van der Waals surface area (Å²) in [5.41, 5.74) is 4.72. The zero-order chi connectivity index (χ0) is 12.5. The molecule has 1 aromatic heterocycles. The third-order valence-electron chi connectivity index (χ3n) is 3.02. The van der Waals surface area contributed by atoms with Crippen molar-refractivity contribution >= 4 is 27.0 Å². The average molecular weight is 301 g/mol. The van der Waals surface area contributed by atoms with Crippen LogP contribution in [0.3, 0.4) is 0 Å². The van der Waals surface area contributed by atoms with Gasteiger partial charge in [-0.1, -0.05) is 30.3 Å². The van der Waals surface area contributed by atoms with Gasteiger partial charge in [-0.2, -0.15) is 0 Å². The predicted octanol–water partition coefficient (Wildman–Crippen LogP) is 4.16. The van der Waals surface area contributed by atoms with Gasteiger partial charge in [0.05, 0.1) is 11.8 Å². The van der Waals surface area contributed by atoms with Gasteiger partial charge in [0.15, 0.2) is 0 Å². The molecule has 0 N–H and O–H groups in total. The van der Waals surface area contributed by atoms with Crippen molar-refractivity contribution < 1.29 is 0 Å². The maximum atomic E-state index is 4.47. The summed E-state index contributed by atoms with van der Waals surface area (Å²) in [5, 5.41) is 0. The number of benzene rings is 2. The quantitative estimate of drug-likeness (QED) is 0.695. The van der Waals surface area contributed by atoms with Gasteiger partial charge in [0.2, 0.25) is 0 Å². The van der Waals surface area contributed by atoms with Gasteiger partial charge < -0.3 is 4.57 Å². The predicted molar refractivity (Wildman–Crippen MR) is 77.7 cm³/mol. The van der Waals surface area contributed by atoms with Crippen molar-refractivity contribution in [3.8, 4) is 0 Å². The maximum absolute atomic E-state index is 4.47. The van der Waals surface area contributed by atoms with E-state index < -0.39 is 0 Å². The van der Waals surface area contributed by atoms with Crippen LogP contribution in [0.5, 0.6) is 0 Å². The normalized spacial score (nSPS) is 11.0. The van der Waals surface area contributed by atoms with Crippen LogP contribution < -0.4 is 0 Å². The number of halogens is 1. The monoisotopic (exact) mass is 300 g/mol. The molecule has 0 saturated heterocycles. The molecule has 0 aliphatic carbocycles. The van der Waals surface area contributed by atoms with E-state index in [4.69, 9.17) is 0 Å². The number of nitrogens with zero attached hydrogens (tertiary/aromatic N) is 2. The minimum absolute atomic E-state index is 0.854. The number of aromatic nitrogens is 2. The van der Waals surface area contributed by atoms with Crippen molar-refractivity contribution in [3.05, 3.63) is 64.4 Å². The summed E-state index contributed by atoms with van der Waals surface area (Å²) in [5.74, 6) is 0. The Hall–Kier alpha value is -1.61. The molecule has 1 heterocycles. The van der Waals surface area contributed by atoms with Crippen molar-refractivity contribution in [2.75, 3.05) is 0 Å². The average Bonchev–Trinajstić information content (AvgIpc) is 2.74. The highest BCUT2D eigenvalue weighted by Gasteiger charge is 2.07. The second-order valence-corrected chi connectivity index (χ2v) is 5.33. The van der Waals surface area contributed by atoms with Crippen LogP contribution in [0.25, 0.3) is 11.0 Å². The van der Waals surface area contributed by atoms with E-state index in [1.54, 1.807) is 0 Å². The van der Waals surface area contributed by atoms with Crippen molar-refractivity contribution in [3.63, 3.8) is 0 Å². The van der Waals surface area contributed by atoms with Crippen LogP contribution in [-0.4, -0.2) is 9.55 Å². The molecule has 0 spiro atoms. The third-order valence-corrected chi connectivity index (χ3v) is 3.62. The lowest BCUT2D eigenvalue weighted by Crippen LogP contribution is -1.97. The van der Waals surface area contributed by atoms with Gasteiger partial charge in [-0.15, -0.1) is 0 Å². The molecule has 90 valence electrons. The first-order valence-electron chi connectivity index (χ1n) is 5.89. The summed E-state index contributed by atoms with van der Waals surface area (Å²) in [4.78, 5) is 4.47. The van der Waals surface area contributed by atoms with Gasteiger partial charge in [-0.3, -0.25) is 0 Å². The second-order valence-electron chi connectivity index (χ2n) is 4.47. The Morgan fingerprint density at radius 2 is 1.94 bits per heavy atom. The standard InChI is InChI=1S/C15H13BrN2/c1-11-7-13(16)15-14(8-11)18(10-17-15)9-12-5-3-2-4-6-12/h2-8,10H,9H2,1H3. The molecule has 3 heteroatoms. The number of aryl methyl sites for hydroxylation is 1. The van der Waals surface area contributed by atoms with E-state index in [1.165, 1.54) is 16.6 Å². The largest absolute Gasteiger partial charge is 0.326 e. The lowest BCUT2D eigenvalue weighted by atomic mass is 10.2. The highest BCUT2D eigenvalue weighted by atomic mass is 79.9. The molecule has 0 amide bonds. The fraction of sp³-hybridized carbons (Fsp3) is 0.133. The molecule has 3 aromatic rings. The van der Waals surface area contributed by atoms with Crippen LogP contribution >= 0.6 is 15.9 Å². The minimum Gasteiger partial charge on any atom is -0.326 e. The fourth-order valence-corrected chi connectivity index (χ4v) is 2.83. The van der Waals surface area contributed by atoms with Gasteiger partial charge in [-0.25, -0.2) is 4.98 Å². The van der Waals surface area contributed by atoms with Crippen molar-refractivity contribution in [1.82, 2.24) is 9.55 Å². The molecule has 3 rings (SSSR count). The zero-order valence-corrected chi connectivity index (χ0v) is 11.7. The molecule has 0 fully saturated rings. The smallest absolute Gasteiger partial charge is 0.103 e. The topological polar surface area (TPSA) is 17.8 Å². The SMILES string of the molecule is Cc1cc(Br)c2ncn(Cc3ccccc3)c2c1. The summed E-state index contributed by atoms with van der Waals surface area (Å²) in [6.07, 6.45) is 1.90. The van der Waals surface area contributed by atoms with E-state index in [2.05, 4.69) is 68.8 Å². The second kappa shape index (κ2) is 4.58. The number of imidazole rings is 1. The van der Waals surface area contributed by atoms with Crippen LogP contribution in [-0.2, 0) is 6.54 Å². The summed E-state index contributed by atoms with van der Waals surface area (Å²) in [7, 11) is 0. The summed E-state index contributed by atoms with van der Waals surface area (Å²) < 4.78 is 3.24. The van der Waals surface area contributed by atoms with E-state index in [0.717, 1.165) is 16.5 Å².